The summed E-state index contributed by atoms with van der Waals surface area (Å²) < 4.78 is 5.95. The largest absolute Gasteiger partial charge is 0.480 e. The van der Waals surface area contributed by atoms with Crippen LogP contribution >= 0.6 is 0 Å². The van der Waals surface area contributed by atoms with Crippen molar-refractivity contribution in [1.29, 1.82) is 0 Å². The third-order valence-corrected chi connectivity index (χ3v) is 4.51. The molecule has 2 amide bonds. The monoisotopic (exact) mass is 382 g/mol. The van der Waals surface area contributed by atoms with E-state index in [1.54, 1.807) is 24.3 Å². The van der Waals surface area contributed by atoms with E-state index in [0.717, 1.165) is 24.0 Å². The highest BCUT2D eigenvalue weighted by Crippen LogP contribution is 2.22. The first kappa shape index (κ1) is 21.5. The Kier molecular flexibility index (Phi) is 8.05. The summed E-state index contributed by atoms with van der Waals surface area (Å²) in [7, 11) is 0. The van der Waals surface area contributed by atoms with Crippen molar-refractivity contribution in [3.05, 3.63) is 59.2 Å². The van der Waals surface area contributed by atoms with Crippen molar-refractivity contribution < 1.29 is 14.3 Å². The number of nitrogens with one attached hydrogen (secondary N) is 2. The van der Waals surface area contributed by atoms with Gasteiger partial charge in [0.15, 0.2) is 6.10 Å². The van der Waals surface area contributed by atoms with Crippen LogP contribution in [0.15, 0.2) is 42.5 Å². The minimum Gasteiger partial charge on any atom is -0.480 e. The molecule has 2 rings (SSSR count). The topological polar surface area (TPSA) is 67.4 Å². The number of hydrogen-bond acceptors (Lipinski definition) is 3. The Bertz CT molecular complexity index is 817. The molecule has 1 atom stereocenters. The lowest BCUT2D eigenvalue weighted by Gasteiger charge is -2.20. The number of rotatable bonds is 9. The number of anilines is 1. The molecule has 2 N–H and O–H groups in total. The van der Waals surface area contributed by atoms with Gasteiger partial charge in [0, 0.05) is 6.54 Å². The van der Waals surface area contributed by atoms with E-state index < -0.39 is 6.10 Å². The predicted molar refractivity (Wildman–Crippen MR) is 113 cm³/mol. The summed E-state index contributed by atoms with van der Waals surface area (Å²) in [6, 6.07) is 12.9. The molecular formula is C23H30N2O3. The van der Waals surface area contributed by atoms with E-state index in [0.29, 0.717) is 30.0 Å². The molecule has 0 spiro atoms. The molecule has 0 bridgehead atoms. The molecular weight excluding hydrogens is 352 g/mol. The summed E-state index contributed by atoms with van der Waals surface area (Å²) in [5.74, 6) is 0.238. The second kappa shape index (κ2) is 10.5. The lowest BCUT2D eigenvalue weighted by molar-refractivity contribution is -0.122. The van der Waals surface area contributed by atoms with Gasteiger partial charge in [0.25, 0.3) is 11.8 Å². The highest BCUT2D eigenvalue weighted by atomic mass is 16.5. The zero-order chi connectivity index (χ0) is 20.5. The molecule has 2 aromatic rings. The maximum absolute atomic E-state index is 12.8. The fraction of sp³-hybridized carbons (Fsp3) is 0.391. The van der Waals surface area contributed by atoms with Crippen molar-refractivity contribution in [3.8, 4) is 5.75 Å². The van der Waals surface area contributed by atoms with Gasteiger partial charge >= 0.3 is 0 Å². The van der Waals surface area contributed by atoms with Gasteiger partial charge in [-0.05, 0) is 50.5 Å². The lowest BCUT2D eigenvalue weighted by Crippen LogP contribution is -2.33. The average Bonchev–Trinajstić information content (AvgIpc) is 2.68. The van der Waals surface area contributed by atoms with Gasteiger partial charge in [-0.1, -0.05) is 50.1 Å². The number of amides is 2. The molecule has 0 radical (unpaired) electrons. The summed E-state index contributed by atoms with van der Waals surface area (Å²) in [5.41, 5.74) is 3.07. The standard InChI is InChI=1S/C23H30N2O3/c1-5-7-14-24-22(26)18-10-8-9-11-19(18)25-23(27)20(6-2)28-21-13-12-16(3)15-17(21)4/h8-13,15,20H,5-7,14H2,1-4H3,(H,24,26)(H,25,27). The SMILES string of the molecule is CCCCNC(=O)c1ccccc1NC(=O)C(CC)Oc1ccc(C)cc1C. The van der Waals surface area contributed by atoms with E-state index in [1.165, 1.54) is 0 Å². The molecule has 0 saturated carbocycles. The zero-order valence-corrected chi connectivity index (χ0v) is 17.2. The summed E-state index contributed by atoms with van der Waals surface area (Å²) in [4.78, 5) is 25.2. The lowest BCUT2D eigenvalue weighted by atomic mass is 10.1. The van der Waals surface area contributed by atoms with E-state index in [-0.39, 0.29) is 11.8 Å². The Morgan fingerprint density at radius 1 is 1.07 bits per heavy atom. The Labute approximate surface area is 167 Å². The van der Waals surface area contributed by atoms with Crippen molar-refractivity contribution in [2.75, 3.05) is 11.9 Å². The van der Waals surface area contributed by atoms with Crippen molar-refractivity contribution in [2.45, 2.75) is 53.1 Å². The minimum absolute atomic E-state index is 0.187. The van der Waals surface area contributed by atoms with Crippen LogP contribution in [0.1, 0.15) is 54.6 Å². The highest BCUT2D eigenvalue weighted by molar-refractivity contribution is 6.04. The first-order valence-electron chi connectivity index (χ1n) is 9.88. The Hall–Kier alpha value is -2.82. The summed E-state index contributed by atoms with van der Waals surface area (Å²) in [6.45, 7) is 8.56. The fourth-order valence-corrected chi connectivity index (χ4v) is 2.88. The maximum Gasteiger partial charge on any atom is 0.265 e. The molecule has 5 heteroatoms. The van der Waals surface area contributed by atoms with Crippen LogP contribution in [-0.2, 0) is 4.79 Å². The number of carbonyl (C=O) groups is 2. The Balaban J connectivity index is 2.11. The molecule has 0 aliphatic carbocycles. The van der Waals surface area contributed by atoms with Crippen LogP contribution in [0, 0.1) is 13.8 Å². The van der Waals surface area contributed by atoms with Gasteiger partial charge in [-0.25, -0.2) is 0 Å². The molecule has 0 saturated heterocycles. The van der Waals surface area contributed by atoms with E-state index in [4.69, 9.17) is 4.74 Å². The normalized spacial score (nSPS) is 11.6. The summed E-state index contributed by atoms with van der Waals surface area (Å²) in [5, 5.41) is 5.75. The van der Waals surface area contributed by atoms with Crippen molar-refractivity contribution in [2.24, 2.45) is 0 Å². The molecule has 0 aliphatic heterocycles. The van der Waals surface area contributed by atoms with Crippen LogP contribution in [-0.4, -0.2) is 24.5 Å². The molecule has 0 aliphatic rings. The second-order valence-corrected chi connectivity index (χ2v) is 6.93. The number of ether oxygens (including phenoxy) is 1. The summed E-state index contributed by atoms with van der Waals surface area (Å²) >= 11 is 0. The van der Waals surface area contributed by atoms with Gasteiger partial charge in [0.05, 0.1) is 11.3 Å². The first-order valence-corrected chi connectivity index (χ1v) is 9.88. The van der Waals surface area contributed by atoms with Gasteiger partial charge in [0.2, 0.25) is 0 Å². The number of aryl methyl sites for hydroxylation is 2. The number of unbranched alkanes of at least 4 members (excludes halogenated alkanes) is 1. The number of carbonyl (C=O) groups excluding carboxylic acids is 2. The Morgan fingerprint density at radius 2 is 1.82 bits per heavy atom. The molecule has 2 aromatic carbocycles. The number of para-hydroxylation sites is 1. The van der Waals surface area contributed by atoms with Crippen LogP contribution in [0.25, 0.3) is 0 Å². The molecule has 28 heavy (non-hydrogen) atoms. The minimum atomic E-state index is -0.641. The zero-order valence-electron chi connectivity index (χ0n) is 17.2. The number of benzene rings is 2. The van der Waals surface area contributed by atoms with E-state index >= 15 is 0 Å². The smallest absolute Gasteiger partial charge is 0.265 e. The molecule has 0 aromatic heterocycles. The predicted octanol–water partition coefficient (Wildman–Crippen LogP) is 4.63. The number of hydrogen-bond donors (Lipinski definition) is 2. The van der Waals surface area contributed by atoms with Gasteiger partial charge in [0.1, 0.15) is 5.75 Å². The average molecular weight is 383 g/mol. The van der Waals surface area contributed by atoms with Crippen molar-refractivity contribution >= 4 is 17.5 Å². The van der Waals surface area contributed by atoms with Crippen LogP contribution in [0.5, 0.6) is 5.75 Å². The van der Waals surface area contributed by atoms with Gasteiger partial charge in [-0.2, -0.15) is 0 Å². The second-order valence-electron chi connectivity index (χ2n) is 6.93. The third-order valence-electron chi connectivity index (χ3n) is 4.51. The highest BCUT2D eigenvalue weighted by Gasteiger charge is 2.21. The van der Waals surface area contributed by atoms with Gasteiger partial charge in [-0.15, -0.1) is 0 Å². The molecule has 0 fully saturated rings. The first-order chi connectivity index (χ1) is 13.5. The van der Waals surface area contributed by atoms with E-state index in [1.807, 2.05) is 39.0 Å². The van der Waals surface area contributed by atoms with Gasteiger partial charge < -0.3 is 15.4 Å². The third kappa shape index (κ3) is 5.84. The molecule has 1 unspecified atom stereocenters. The van der Waals surface area contributed by atoms with Crippen LogP contribution < -0.4 is 15.4 Å². The maximum atomic E-state index is 12.8. The molecule has 5 nitrogen and oxygen atoms in total. The summed E-state index contributed by atoms with van der Waals surface area (Å²) in [6.07, 6.45) is 1.80. The van der Waals surface area contributed by atoms with Crippen molar-refractivity contribution in [3.63, 3.8) is 0 Å². The van der Waals surface area contributed by atoms with Crippen LogP contribution in [0.4, 0.5) is 5.69 Å². The van der Waals surface area contributed by atoms with Crippen molar-refractivity contribution in [1.82, 2.24) is 5.32 Å². The molecule has 150 valence electrons. The Morgan fingerprint density at radius 3 is 2.50 bits per heavy atom. The van der Waals surface area contributed by atoms with Crippen LogP contribution in [0.3, 0.4) is 0 Å². The molecule has 0 heterocycles. The van der Waals surface area contributed by atoms with E-state index in [2.05, 4.69) is 17.6 Å². The quantitative estimate of drug-likeness (QED) is 0.621. The van der Waals surface area contributed by atoms with E-state index in [9.17, 15) is 9.59 Å². The fourth-order valence-electron chi connectivity index (χ4n) is 2.88. The van der Waals surface area contributed by atoms with Crippen LogP contribution in [0.2, 0.25) is 0 Å². The van der Waals surface area contributed by atoms with Gasteiger partial charge in [-0.3, -0.25) is 9.59 Å².